The molecule has 5 nitrogen and oxygen atoms in total. The van der Waals surface area contributed by atoms with Crippen molar-refractivity contribution in [2.75, 3.05) is 12.4 Å². The summed E-state index contributed by atoms with van der Waals surface area (Å²) in [5.74, 6) is 0.629. The number of carbonyl (C=O) groups is 1. The smallest absolute Gasteiger partial charge is 0.276 e. The van der Waals surface area contributed by atoms with Crippen LogP contribution in [-0.4, -0.2) is 23.0 Å². The van der Waals surface area contributed by atoms with E-state index in [2.05, 4.69) is 15.3 Å². The fourth-order valence-electron chi connectivity index (χ4n) is 1.99. The number of thiazole rings is 1. The maximum absolute atomic E-state index is 12.3. The summed E-state index contributed by atoms with van der Waals surface area (Å²) in [5.41, 5.74) is 1.12. The third kappa shape index (κ3) is 3.51. The number of anilines is 1. The van der Waals surface area contributed by atoms with Crippen molar-refractivity contribution in [1.82, 2.24) is 9.97 Å². The summed E-state index contributed by atoms with van der Waals surface area (Å²) in [6.07, 6.45) is 1.38. The summed E-state index contributed by atoms with van der Waals surface area (Å²) in [6.45, 7) is 0. The number of nitrogens with one attached hydrogen (secondary N) is 1. The van der Waals surface area contributed by atoms with Gasteiger partial charge in [-0.15, -0.1) is 11.3 Å². The Morgan fingerprint density at radius 3 is 2.79 bits per heavy atom. The van der Waals surface area contributed by atoms with Crippen LogP contribution in [0.3, 0.4) is 0 Å². The van der Waals surface area contributed by atoms with Crippen molar-refractivity contribution in [3.8, 4) is 16.3 Å². The Bertz CT molecular complexity index is 899. The lowest BCUT2D eigenvalue weighted by atomic mass is 10.2. The van der Waals surface area contributed by atoms with Gasteiger partial charge in [0.25, 0.3) is 5.91 Å². The standard InChI is InChI=1S/C16H11Cl2N3O2S/c1-23-13-5-3-2-4-9(13)16-20-12(8-24-16)15(22)21-14-6-10(17)11(18)7-19-14/h2-8H,1H3,(H,19,21,22). The van der Waals surface area contributed by atoms with Gasteiger partial charge < -0.3 is 10.1 Å². The summed E-state index contributed by atoms with van der Waals surface area (Å²) in [6, 6.07) is 8.98. The van der Waals surface area contributed by atoms with Gasteiger partial charge >= 0.3 is 0 Å². The molecule has 0 saturated carbocycles. The Labute approximate surface area is 152 Å². The number of rotatable bonds is 4. The van der Waals surface area contributed by atoms with Crippen LogP contribution in [0.4, 0.5) is 5.82 Å². The van der Waals surface area contributed by atoms with E-state index in [4.69, 9.17) is 27.9 Å². The number of aromatic nitrogens is 2. The molecular weight excluding hydrogens is 369 g/mol. The first-order valence-electron chi connectivity index (χ1n) is 6.80. The molecule has 0 spiro atoms. The molecule has 0 unspecified atom stereocenters. The number of carbonyl (C=O) groups excluding carboxylic acids is 1. The topological polar surface area (TPSA) is 64.1 Å². The Balaban J connectivity index is 1.82. The number of amides is 1. The molecule has 0 radical (unpaired) electrons. The van der Waals surface area contributed by atoms with E-state index in [0.29, 0.717) is 26.6 Å². The Morgan fingerprint density at radius 1 is 1.25 bits per heavy atom. The van der Waals surface area contributed by atoms with Crippen LogP contribution >= 0.6 is 34.5 Å². The maximum Gasteiger partial charge on any atom is 0.276 e. The first-order valence-corrected chi connectivity index (χ1v) is 8.43. The average Bonchev–Trinajstić information content (AvgIpc) is 3.08. The van der Waals surface area contributed by atoms with Gasteiger partial charge in [0.2, 0.25) is 0 Å². The van der Waals surface area contributed by atoms with E-state index in [0.717, 1.165) is 5.56 Å². The van der Waals surface area contributed by atoms with Crippen LogP contribution in [0.5, 0.6) is 5.75 Å². The second-order valence-corrected chi connectivity index (χ2v) is 6.35. The van der Waals surface area contributed by atoms with Gasteiger partial charge in [-0.25, -0.2) is 9.97 Å². The number of para-hydroxylation sites is 1. The SMILES string of the molecule is COc1ccccc1-c1nc(C(=O)Nc2cc(Cl)c(Cl)cn2)cs1. The molecule has 0 fully saturated rings. The third-order valence-electron chi connectivity index (χ3n) is 3.12. The van der Waals surface area contributed by atoms with E-state index < -0.39 is 0 Å². The van der Waals surface area contributed by atoms with Gasteiger partial charge in [-0.3, -0.25) is 4.79 Å². The number of ether oxygens (including phenoxy) is 1. The van der Waals surface area contributed by atoms with Crippen LogP contribution in [0.25, 0.3) is 10.6 Å². The van der Waals surface area contributed by atoms with Gasteiger partial charge in [0, 0.05) is 17.6 Å². The number of nitrogens with zero attached hydrogens (tertiary/aromatic N) is 2. The molecule has 0 aliphatic carbocycles. The normalized spacial score (nSPS) is 10.5. The lowest BCUT2D eigenvalue weighted by Gasteiger charge is -2.05. The maximum atomic E-state index is 12.3. The van der Waals surface area contributed by atoms with Crippen molar-refractivity contribution >= 4 is 46.3 Å². The van der Waals surface area contributed by atoms with Crippen LogP contribution < -0.4 is 10.1 Å². The number of methoxy groups -OCH3 is 1. The molecule has 0 atom stereocenters. The van der Waals surface area contributed by atoms with Gasteiger partial charge in [0.05, 0.1) is 22.7 Å². The first-order chi connectivity index (χ1) is 11.6. The third-order valence-corrected chi connectivity index (χ3v) is 4.71. The molecule has 1 aromatic carbocycles. The highest BCUT2D eigenvalue weighted by molar-refractivity contribution is 7.13. The lowest BCUT2D eigenvalue weighted by Crippen LogP contribution is -2.13. The van der Waals surface area contributed by atoms with E-state index >= 15 is 0 Å². The second kappa shape index (κ2) is 7.17. The molecule has 0 aliphatic rings. The van der Waals surface area contributed by atoms with Gasteiger partial charge in [-0.2, -0.15) is 0 Å². The van der Waals surface area contributed by atoms with E-state index in [-0.39, 0.29) is 11.6 Å². The van der Waals surface area contributed by atoms with Crippen molar-refractivity contribution in [3.63, 3.8) is 0 Å². The summed E-state index contributed by atoms with van der Waals surface area (Å²) >= 11 is 13.1. The van der Waals surface area contributed by atoms with Crippen molar-refractivity contribution in [2.24, 2.45) is 0 Å². The van der Waals surface area contributed by atoms with Crippen LogP contribution in [0.2, 0.25) is 10.0 Å². The highest BCUT2D eigenvalue weighted by atomic mass is 35.5. The van der Waals surface area contributed by atoms with E-state index in [1.807, 2.05) is 24.3 Å². The predicted molar refractivity (Wildman–Crippen MR) is 96.3 cm³/mol. The highest BCUT2D eigenvalue weighted by Gasteiger charge is 2.15. The van der Waals surface area contributed by atoms with E-state index in [1.165, 1.54) is 23.6 Å². The monoisotopic (exact) mass is 379 g/mol. The quantitative estimate of drug-likeness (QED) is 0.708. The first kappa shape index (κ1) is 16.7. The average molecular weight is 380 g/mol. The molecule has 8 heteroatoms. The molecule has 2 heterocycles. The van der Waals surface area contributed by atoms with Crippen LogP contribution in [0.1, 0.15) is 10.5 Å². The fourth-order valence-corrected chi connectivity index (χ4v) is 3.07. The summed E-state index contributed by atoms with van der Waals surface area (Å²) in [7, 11) is 1.59. The van der Waals surface area contributed by atoms with Crippen LogP contribution in [-0.2, 0) is 0 Å². The minimum atomic E-state index is -0.377. The van der Waals surface area contributed by atoms with Crippen molar-refractivity contribution in [3.05, 3.63) is 57.6 Å². The van der Waals surface area contributed by atoms with Crippen molar-refractivity contribution in [2.45, 2.75) is 0 Å². The molecule has 3 aromatic rings. The minimum Gasteiger partial charge on any atom is -0.496 e. The van der Waals surface area contributed by atoms with Crippen LogP contribution in [0.15, 0.2) is 41.9 Å². The van der Waals surface area contributed by atoms with Gasteiger partial charge in [-0.1, -0.05) is 35.3 Å². The molecule has 1 N–H and O–H groups in total. The number of benzene rings is 1. The second-order valence-electron chi connectivity index (χ2n) is 4.68. The zero-order valence-electron chi connectivity index (χ0n) is 12.4. The van der Waals surface area contributed by atoms with Crippen molar-refractivity contribution in [1.29, 1.82) is 0 Å². The minimum absolute atomic E-state index is 0.286. The molecule has 3 rings (SSSR count). The lowest BCUT2D eigenvalue weighted by molar-refractivity contribution is 0.102. The number of pyridine rings is 1. The van der Waals surface area contributed by atoms with E-state index in [1.54, 1.807) is 12.5 Å². The number of hydrogen-bond donors (Lipinski definition) is 1. The molecule has 122 valence electrons. The zero-order valence-corrected chi connectivity index (χ0v) is 14.7. The zero-order chi connectivity index (χ0) is 17.1. The largest absolute Gasteiger partial charge is 0.496 e. The molecule has 0 bridgehead atoms. The molecule has 0 saturated heterocycles. The predicted octanol–water partition coefficient (Wildman–Crippen LogP) is 4.77. The molecule has 2 aromatic heterocycles. The fraction of sp³-hybridized carbons (Fsp3) is 0.0625. The molecule has 24 heavy (non-hydrogen) atoms. The summed E-state index contributed by atoms with van der Waals surface area (Å²) in [4.78, 5) is 20.7. The van der Waals surface area contributed by atoms with Gasteiger partial charge in [-0.05, 0) is 12.1 Å². The summed E-state index contributed by atoms with van der Waals surface area (Å²) < 4.78 is 5.32. The van der Waals surface area contributed by atoms with Crippen molar-refractivity contribution < 1.29 is 9.53 Å². The molecule has 1 amide bonds. The Kier molecular flexibility index (Phi) is 4.99. The number of halogens is 2. The molecular formula is C16H11Cl2N3O2S. The highest BCUT2D eigenvalue weighted by Crippen LogP contribution is 2.32. The van der Waals surface area contributed by atoms with Gasteiger partial charge in [0.15, 0.2) is 0 Å². The van der Waals surface area contributed by atoms with Gasteiger partial charge in [0.1, 0.15) is 22.3 Å². The van der Waals surface area contributed by atoms with Crippen LogP contribution in [0, 0.1) is 0 Å². The summed E-state index contributed by atoms with van der Waals surface area (Å²) in [5, 5.41) is 5.64. The molecule has 0 aliphatic heterocycles. The Morgan fingerprint density at radius 2 is 2.04 bits per heavy atom. The Hall–Kier alpha value is -2.15. The number of hydrogen-bond acceptors (Lipinski definition) is 5. The van der Waals surface area contributed by atoms with E-state index in [9.17, 15) is 4.79 Å².